The third kappa shape index (κ3) is 3.30. The second-order valence-corrected chi connectivity index (χ2v) is 6.02. The fraction of sp³-hybridized carbons (Fsp3) is 0.400. The molecule has 1 atom stereocenters. The SMILES string of the molecule is CCn1nc(C)c(Br)c1CC(NC)c1cccc(F)c1Cl. The normalized spacial score (nSPS) is 12.7. The molecule has 1 N–H and O–H groups in total. The van der Waals surface area contributed by atoms with Crippen LogP contribution >= 0.6 is 27.5 Å². The molecule has 0 saturated carbocycles. The Hall–Kier alpha value is -0.910. The molecule has 0 amide bonds. The maximum Gasteiger partial charge on any atom is 0.142 e. The van der Waals surface area contributed by atoms with Gasteiger partial charge < -0.3 is 5.32 Å². The molecule has 2 aromatic rings. The number of rotatable bonds is 5. The number of nitrogens with one attached hydrogen (secondary N) is 1. The van der Waals surface area contributed by atoms with Crippen LogP contribution in [0.2, 0.25) is 5.02 Å². The van der Waals surface area contributed by atoms with Crippen molar-refractivity contribution in [3.8, 4) is 0 Å². The average Bonchev–Trinajstić information content (AvgIpc) is 2.75. The summed E-state index contributed by atoms with van der Waals surface area (Å²) in [6.45, 7) is 4.80. The van der Waals surface area contributed by atoms with Crippen molar-refractivity contribution < 1.29 is 4.39 Å². The zero-order valence-electron chi connectivity index (χ0n) is 12.3. The number of hydrogen-bond donors (Lipinski definition) is 1. The average molecular weight is 375 g/mol. The molecule has 0 bridgehead atoms. The van der Waals surface area contributed by atoms with Gasteiger partial charge in [-0.1, -0.05) is 23.7 Å². The van der Waals surface area contributed by atoms with Crippen LogP contribution in [-0.2, 0) is 13.0 Å². The number of benzene rings is 1. The molecule has 114 valence electrons. The number of aryl methyl sites for hydroxylation is 2. The molecular weight excluding hydrogens is 357 g/mol. The van der Waals surface area contributed by atoms with E-state index in [4.69, 9.17) is 11.6 Å². The van der Waals surface area contributed by atoms with Gasteiger partial charge in [0.05, 0.1) is 20.9 Å². The molecular formula is C15H18BrClFN3. The Morgan fingerprint density at radius 1 is 1.48 bits per heavy atom. The van der Waals surface area contributed by atoms with Crippen molar-refractivity contribution in [2.75, 3.05) is 7.05 Å². The fourth-order valence-electron chi connectivity index (χ4n) is 2.41. The van der Waals surface area contributed by atoms with E-state index in [1.54, 1.807) is 6.07 Å². The molecule has 0 aliphatic heterocycles. The molecule has 3 nitrogen and oxygen atoms in total. The maximum atomic E-state index is 13.7. The lowest BCUT2D eigenvalue weighted by atomic mass is 10.0. The first kappa shape index (κ1) is 16.5. The van der Waals surface area contributed by atoms with Crippen molar-refractivity contribution in [1.29, 1.82) is 0 Å². The summed E-state index contributed by atoms with van der Waals surface area (Å²) in [6.07, 6.45) is 0.676. The lowest BCUT2D eigenvalue weighted by Gasteiger charge is -2.19. The predicted molar refractivity (Wildman–Crippen MR) is 87.3 cm³/mol. The highest BCUT2D eigenvalue weighted by atomic mass is 79.9. The van der Waals surface area contributed by atoms with E-state index in [9.17, 15) is 4.39 Å². The summed E-state index contributed by atoms with van der Waals surface area (Å²) in [6, 6.07) is 4.82. The molecule has 1 aromatic carbocycles. The van der Waals surface area contributed by atoms with Gasteiger partial charge in [-0.05, 0) is 48.5 Å². The van der Waals surface area contributed by atoms with Crippen molar-refractivity contribution in [3.05, 3.63) is 50.5 Å². The summed E-state index contributed by atoms with van der Waals surface area (Å²) in [5.74, 6) is -0.395. The molecule has 6 heteroatoms. The molecule has 0 radical (unpaired) electrons. The Labute approximate surface area is 137 Å². The van der Waals surface area contributed by atoms with Crippen molar-refractivity contribution in [2.45, 2.75) is 32.9 Å². The summed E-state index contributed by atoms with van der Waals surface area (Å²) in [5, 5.41) is 7.87. The highest BCUT2D eigenvalue weighted by Crippen LogP contribution is 2.30. The Kier molecular flexibility index (Phi) is 5.41. The lowest BCUT2D eigenvalue weighted by molar-refractivity contribution is 0.535. The Bertz CT molecular complexity index is 642. The van der Waals surface area contributed by atoms with Gasteiger partial charge in [0.25, 0.3) is 0 Å². The van der Waals surface area contributed by atoms with Crippen molar-refractivity contribution in [3.63, 3.8) is 0 Å². The fourth-order valence-corrected chi connectivity index (χ4v) is 3.12. The van der Waals surface area contributed by atoms with Gasteiger partial charge in [0, 0.05) is 19.0 Å². The van der Waals surface area contributed by atoms with Crippen LogP contribution in [0.1, 0.15) is 29.9 Å². The zero-order chi connectivity index (χ0) is 15.6. The monoisotopic (exact) mass is 373 g/mol. The second-order valence-electron chi connectivity index (χ2n) is 4.85. The summed E-state index contributed by atoms with van der Waals surface area (Å²) in [7, 11) is 1.85. The van der Waals surface area contributed by atoms with Gasteiger partial charge in [0.15, 0.2) is 0 Å². The van der Waals surface area contributed by atoms with Crippen LogP contribution in [0.4, 0.5) is 4.39 Å². The van der Waals surface area contributed by atoms with Crippen molar-refractivity contribution in [1.82, 2.24) is 15.1 Å². The van der Waals surface area contributed by atoms with E-state index in [1.807, 2.05) is 31.6 Å². The number of nitrogens with zero attached hydrogens (tertiary/aromatic N) is 2. The summed E-state index contributed by atoms with van der Waals surface area (Å²) < 4.78 is 16.6. The van der Waals surface area contributed by atoms with Crippen LogP contribution in [0.15, 0.2) is 22.7 Å². The summed E-state index contributed by atoms with van der Waals surface area (Å²) in [5.41, 5.74) is 2.79. The third-order valence-electron chi connectivity index (χ3n) is 3.56. The summed E-state index contributed by atoms with van der Waals surface area (Å²) >= 11 is 9.69. The molecule has 2 rings (SSSR count). The van der Waals surface area contributed by atoms with Gasteiger partial charge >= 0.3 is 0 Å². The molecule has 0 fully saturated rings. The van der Waals surface area contributed by atoms with Crippen LogP contribution in [-0.4, -0.2) is 16.8 Å². The molecule has 0 aliphatic carbocycles. The van der Waals surface area contributed by atoms with Crippen LogP contribution in [0, 0.1) is 12.7 Å². The molecule has 0 aliphatic rings. The Morgan fingerprint density at radius 2 is 2.19 bits per heavy atom. The first-order chi connectivity index (χ1) is 9.99. The van der Waals surface area contributed by atoms with E-state index in [-0.39, 0.29) is 11.1 Å². The van der Waals surface area contributed by atoms with E-state index in [2.05, 4.69) is 26.3 Å². The van der Waals surface area contributed by atoms with Crippen LogP contribution in [0.3, 0.4) is 0 Å². The van der Waals surface area contributed by atoms with Crippen molar-refractivity contribution in [2.24, 2.45) is 0 Å². The minimum absolute atomic E-state index is 0.0779. The van der Waals surface area contributed by atoms with E-state index >= 15 is 0 Å². The van der Waals surface area contributed by atoms with Gasteiger partial charge in [-0.25, -0.2) is 4.39 Å². The Balaban J connectivity index is 2.38. The van der Waals surface area contributed by atoms with Gasteiger partial charge in [0.1, 0.15) is 5.82 Å². The molecule has 21 heavy (non-hydrogen) atoms. The van der Waals surface area contributed by atoms with E-state index in [0.29, 0.717) is 6.42 Å². The molecule has 1 aromatic heterocycles. The lowest BCUT2D eigenvalue weighted by Crippen LogP contribution is -2.21. The second kappa shape index (κ2) is 6.90. The topological polar surface area (TPSA) is 29.9 Å². The number of likely N-dealkylation sites (N-methyl/N-ethyl adjacent to an activating group) is 1. The highest BCUT2D eigenvalue weighted by Gasteiger charge is 2.20. The molecule has 1 heterocycles. The van der Waals surface area contributed by atoms with Crippen molar-refractivity contribution >= 4 is 27.5 Å². The minimum atomic E-state index is -0.395. The quantitative estimate of drug-likeness (QED) is 0.847. The van der Waals surface area contributed by atoms with E-state index in [1.165, 1.54) is 6.07 Å². The highest BCUT2D eigenvalue weighted by molar-refractivity contribution is 9.10. The van der Waals surface area contributed by atoms with Gasteiger partial charge in [-0.15, -0.1) is 0 Å². The first-order valence-corrected chi connectivity index (χ1v) is 7.99. The standard InChI is InChI=1S/C15H18BrClFN3/c1-4-21-13(14(16)9(2)20-21)8-12(19-3)10-6-5-7-11(18)15(10)17/h5-7,12,19H,4,8H2,1-3H3. The number of hydrogen-bond acceptors (Lipinski definition) is 2. The molecule has 0 saturated heterocycles. The minimum Gasteiger partial charge on any atom is -0.313 e. The molecule has 0 spiro atoms. The Morgan fingerprint density at radius 3 is 2.81 bits per heavy atom. The van der Waals surface area contributed by atoms with Crippen LogP contribution < -0.4 is 5.32 Å². The predicted octanol–water partition coefficient (Wildman–Crippen LogP) is 4.27. The first-order valence-electron chi connectivity index (χ1n) is 6.82. The van der Waals surface area contributed by atoms with Crippen LogP contribution in [0.25, 0.3) is 0 Å². The smallest absolute Gasteiger partial charge is 0.142 e. The van der Waals surface area contributed by atoms with Crippen LogP contribution in [0.5, 0.6) is 0 Å². The van der Waals surface area contributed by atoms with Gasteiger partial charge in [-0.2, -0.15) is 5.10 Å². The largest absolute Gasteiger partial charge is 0.313 e. The number of halogens is 3. The van der Waals surface area contributed by atoms with E-state index < -0.39 is 5.82 Å². The summed E-state index contributed by atoms with van der Waals surface area (Å²) in [4.78, 5) is 0. The van der Waals surface area contributed by atoms with Gasteiger partial charge in [-0.3, -0.25) is 4.68 Å². The van der Waals surface area contributed by atoms with Gasteiger partial charge in [0.2, 0.25) is 0 Å². The van der Waals surface area contributed by atoms with E-state index in [0.717, 1.165) is 28.0 Å². The third-order valence-corrected chi connectivity index (χ3v) is 4.99. The number of aromatic nitrogens is 2. The maximum absolute atomic E-state index is 13.7. The molecule has 1 unspecified atom stereocenters. The zero-order valence-corrected chi connectivity index (χ0v) is 14.6.